The third-order valence-electron chi connectivity index (χ3n) is 4.29. The molecule has 0 saturated heterocycles. The van der Waals surface area contributed by atoms with Crippen LogP contribution in [-0.2, 0) is 13.1 Å². The van der Waals surface area contributed by atoms with E-state index in [1.54, 1.807) is 48.5 Å². The third-order valence-corrected chi connectivity index (χ3v) is 4.29. The molecule has 0 aliphatic carbocycles. The van der Waals surface area contributed by atoms with E-state index in [9.17, 15) is 9.59 Å². The minimum absolute atomic E-state index is 0.268. The average molecular weight is 390 g/mol. The number of primary amides is 1. The first-order valence-electron chi connectivity index (χ1n) is 8.91. The van der Waals surface area contributed by atoms with E-state index in [0.29, 0.717) is 35.8 Å². The second-order valence-electron chi connectivity index (χ2n) is 6.56. The summed E-state index contributed by atoms with van der Waals surface area (Å²) < 4.78 is 0. The molecule has 0 unspecified atom stereocenters. The second-order valence-corrected chi connectivity index (χ2v) is 6.56. The van der Waals surface area contributed by atoms with Crippen LogP contribution in [0.5, 0.6) is 0 Å². The van der Waals surface area contributed by atoms with Crippen molar-refractivity contribution < 1.29 is 9.59 Å². The van der Waals surface area contributed by atoms with Crippen molar-refractivity contribution in [3.05, 3.63) is 83.6 Å². The fourth-order valence-corrected chi connectivity index (χ4v) is 2.77. The maximum atomic E-state index is 12.4. The molecule has 3 aromatic rings. The Morgan fingerprint density at radius 3 is 2.03 bits per heavy atom. The molecule has 0 saturated carbocycles. The Kier molecular flexibility index (Phi) is 5.94. The molecule has 3 amide bonds. The number of anilines is 3. The number of amides is 3. The molecule has 0 fully saturated rings. The van der Waals surface area contributed by atoms with Crippen LogP contribution in [0.25, 0.3) is 0 Å². The van der Waals surface area contributed by atoms with Crippen LogP contribution in [0.15, 0.2) is 66.9 Å². The predicted molar refractivity (Wildman–Crippen MR) is 113 cm³/mol. The Morgan fingerprint density at radius 1 is 0.897 bits per heavy atom. The van der Waals surface area contributed by atoms with Gasteiger partial charge >= 0.3 is 6.03 Å². The van der Waals surface area contributed by atoms with Gasteiger partial charge in [0.05, 0.1) is 0 Å². The normalized spacial score (nSPS) is 10.3. The number of nitrogens with one attached hydrogen (secondary N) is 1. The summed E-state index contributed by atoms with van der Waals surface area (Å²) in [6, 6.07) is 16.9. The van der Waals surface area contributed by atoms with Gasteiger partial charge < -0.3 is 27.4 Å². The van der Waals surface area contributed by atoms with E-state index >= 15 is 0 Å². The molecular weight excluding hydrogens is 368 g/mol. The van der Waals surface area contributed by atoms with Crippen molar-refractivity contribution in [3.8, 4) is 0 Å². The Balaban J connectivity index is 1.65. The summed E-state index contributed by atoms with van der Waals surface area (Å²) in [6.45, 7) is 0.684. The van der Waals surface area contributed by atoms with Crippen LogP contribution in [0.1, 0.15) is 21.5 Å². The van der Waals surface area contributed by atoms with Crippen LogP contribution in [0.3, 0.4) is 0 Å². The van der Waals surface area contributed by atoms with Crippen LogP contribution < -0.4 is 22.5 Å². The Hall–Kier alpha value is -4.07. The monoisotopic (exact) mass is 390 g/mol. The Morgan fingerprint density at radius 2 is 1.48 bits per heavy atom. The van der Waals surface area contributed by atoms with Crippen LogP contribution in [0.4, 0.5) is 22.0 Å². The van der Waals surface area contributed by atoms with E-state index in [-0.39, 0.29) is 5.91 Å². The molecule has 0 radical (unpaired) electrons. The second kappa shape index (κ2) is 8.75. The van der Waals surface area contributed by atoms with Gasteiger partial charge in [-0.25, -0.2) is 9.78 Å². The highest BCUT2D eigenvalue weighted by Crippen LogP contribution is 2.15. The van der Waals surface area contributed by atoms with Crippen molar-refractivity contribution in [2.24, 2.45) is 5.73 Å². The Bertz CT molecular complexity index is 1000. The van der Waals surface area contributed by atoms with Gasteiger partial charge in [-0.1, -0.05) is 24.3 Å². The quantitative estimate of drug-likeness (QED) is 0.479. The number of carbonyl (C=O) groups excluding carboxylic acids is 2. The highest BCUT2D eigenvalue weighted by Gasteiger charge is 2.12. The number of urea groups is 1. The van der Waals surface area contributed by atoms with Gasteiger partial charge in [-0.05, 0) is 41.5 Å². The lowest BCUT2D eigenvalue weighted by Gasteiger charge is -2.21. The summed E-state index contributed by atoms with van der Waals surface area (Å²) in [5, 5.41) is 2.76. The van der Waals surface area contributed by atoms with Gasteiger partial charge in [-0.15, -0.1) is 0 Å². The molecule has 0 spiro atoms. The van der Waals surface area contributed by atoms with Gasteiger partial charge in [0.15, 0.2) is 0 Å². The fraction of sp³-hybridized carbons (Fsp3) is 0.0952. The summed E-state index contributed by atoms with van der Waals surface area (Å²) in [6.07, 6.45) is 1.52. The number of nitrogens with two attached hydrogens (primary N) is 3. The van der Waals surface area contributed by atoms with Crippen molar-refractivity contribution in [1.82, 2.24) is 9.88 Å². The number of hydrogen-bond donors (Lipinski definition) is 4. The summed E-state index contributed by atoms with van der Waals surface area (Å²) in [4.78, 5) is 29.6. The average Bonchev–Trinajstić information content (AvgIpc) is 2.69. The fourth-order valence-electron chi connectivity index (χ4n) is 2.77. The largest absolute Gasteiger partial charge is 0.399 e. The minimum Gasteiger partial charge on any atom is -0.399 e. The first-order valence-corrected chi connectivity index (χ1v) is 8.91. The number of nitrogen functional groups attached to an aromatic ring is 2. The third kappa shape index (κ3) is 5.46. The van der Waals surface area contributed by atoms with Gasteiger partial charge in [0.1, 0.15) is 5.82 Å². The lowest BCUT2D eigenvalue weighted by atomic mass is 10.1. The molecule has 2 aromatic carbocycles. The molecule has 0 atom stereocenters. The molecule has 0 bridgehead atoms. The van der Waals surface area contributed by atoms with Crippen LogP contribution in [-0.4, -0.2) is 21.8 Å². The molecule has 7 N–H and O–H groups in total. The van der Waals surface area contributed by atoms with Crippen LogP contribution in [0, 0.1) is 0 Å². The van der Waals surface area contributed by atoms with Crippen LogP contribution in [0.2, 0.25) is 0 Å². The first kappa shape index (κ1) is 19.7. The van der Waals surface area contributed by atoms with E-state index in [4.69, 9.17) is 17.2 Å². The standard InChI is InChI=1S/C21H22N6O2/c22-17-7-3-15(4-8-17)13-27(21(24)29)12-14-1-5-16(6-2-14)20(28)26-18-9-10-25-19(23)11-18/h1-11H,12-13,22H2,(H2,24,29)(H3,23,25,26,28). The molecule has 1 aromatic heterocycles. The van der Waals surface area contributed by atoms with Crippen molar-refractivity contribution in [2.75, 3.05) is 16.8 Å². The van der Waals surface area contributed by atoms with Crippen molar-refractivity contribution in [3.63, 3.8) is 0 Å². The highest BCUT2D eigenvalue weighted by molar-refractivity contribution is 6.04. The predicted octanol–water partition coefficient (Wildman–Crippen LogP) is 2.58. The van der Waals surface area contributed by atoms with Gasteiger partial charge in [0.2, 0.25) is 0 Å². The first-order chi connectivity index (χ1) is 13.9. The lowest BCUT2D eigenvalue weighted by molar-refractivity contribution is 0.102. The maximum absolute atomic E-state index is 12.4. The van der Waals surface area contributed by atoms with Gasteiger partial charge in [0.25, 0.3) is 5.91 Å². The number of benzene rings is 2. The molecule has 0 aliphatic rings. The molecule has 8 heteroatoms. The van der Waals surface area contributed by atoms with Crippen molar-refractivity contribution >= 4 is 29.1 Å². The molecule has 148 valence electrons. The highest BCUT2D eigenvalue weighted by atomic mass is 16.2. The SMILES string of the molecule is NC(=O)N(Cc1ccc(N)cc1)Cc1ccc(C(=O)Nc2ccnc(N)c2)cc1. The summed E-state index contributed by atoms with van der Waals surface area (Å²) in [5.74, 6) is 0.0570. The minimum atomic E-state index is -0.529. The van der Waals surface area contributed by atoms with E-state index in [1.807, 2.05) is 12.1 Å². The number of aromatic nitrogens is 1. The summed E-state index contributed by atoms with van der Waals surface area (Å²) in [5.41, 5.74) is 20.3. The lowest BCUT2D eigenvalue weighted by Crippen LogP contribution is -2.34. The van der Waals surface area contributed by atoms with Gasteiger partial charge in [0, 0.05) is 42.3 Å². The molecule has 8 nitrogen and oxygen atoms in total. The topological polar surface area (TPSA) is 140 Å². The van der Waals surface area contributed by atoms with Crippen molar-refractivity contribution in [1.29, 1.82) is 0 Å². The number of carbonyl (C=O) groups is 2. The molecular formula is C21H22N6O2. The zero-order valence-corrected chi connectivity index (χ0v) is 15.7. The van der Waals surface area contributed by atoms with Crippen LogP contribution >= 0.6 is 0 Å². The number of rotatable bonds is 6. The zero-order valence-electron chi connectivity index (χ0n) is 15.7. The van der Waals surface area contributed by atoms with E-state index in [2.05, 4.69) is 10.3 Å². The van der Waals surface area contributed by atoms with E-state index < -0.39 is 6.03 Å². The van der Waals surface area contributed by atoms with Crippen molar-refractivity contribution in [2.45, 2.75) is 13.1 Å². The smallest absolute Gasteiger partial charge is 0.315 e. The van der Waals surface area contributed by atoms with Gasteiger partial charge in [-0.3, -0.25) is 4.79 Å². The summed E-state index contributed by atoms with van der Waals surface area (Å²) >= 11 is 0. The Labute approximate surface area is 168 Å². The molecule has 29 heavy (non-hydrogen) atoms. The zero-order chi connectivity index (χ0) is 20.8. The number of nitrogens with zero attached hydrogens (tertiary/aromatic N) is 2. The molecule has 0 aliphatic heterocycles. The number of pyridine rings is 1. The number of hydrogen-bond acceptors (Lipinski definition) is 5. The van der Waals surface area contributed by atoms with E-state index in [0.717, 1.165) is 11.1 Å². The summed E-state index contributed by atoms with van der Waals surface area (Å²) in [7, 11) is 0. The van der Waals surface area contributed by atoms with E-state index in [1.165, 1.54) is 11.1 Å². The molecule has 3 rings (SSSR count). The van der Waals surface area contributed by atoms with Gasteiger partial charge in [-0.2, -0.15) is 0 Å². The maximum Gasteiger partial charge on any atom is 0.315 e. The molecule has 1 heterocycles.